The molecule has 0 bridgehead atoms. The number of halogens is 1. The van der Waals surface area contributed by atoms with Gasteiger partial charge in [-0.05, 0) is 41.9 Å². The van der Waals surface area contributed by atoms with Gasteiger partial charge in [0.1, 0.15) is 11.6 Å². The van der Waals surface area contributed by atoms with Crippen LogP contribution in [0.1, 0.15) is 42.6 Å². The Balaban J connectivity index is 1.98. The number of rotatable bonds is 2. The predicted octanol–water partition coefficient (Wildman–Crippen LogP) is 2.04. The number of hydrogen-bond acceptors (Lipinski definition) is 4. The maximum atomic E-state index is 5.96. The average Bonchev–Trinajstić information content (AvgIpc) is 2.96. The summed E-state index contributed by atoms with van der Waals surface area (Å²) in [7, 11) is 0. The van der Waals surface area contributed by atoms with Crippen LogP contribution in [0.2, 0.25) is 0 Å². The van der Waals surface area contributed by atoms with E-state index >= 15 is 0 Å². The molecule has 3 rings (SSSR count). The fraction of sp³-hybridized carbons (Fsp3) is 0.636. The molecule has 0 amide bonds. The number of nitrogens with two attached hydrogens (primary N) is 1. The lowest BCUT2D eigenvalue weighted by Gasteiger charge is -2.11. The minimum absolute atomic E-state index is 0.344. The summed E-state index contributed by atoms with van der Waals surface area (Å²) in [6.45, 7) is 1.56. The van der Waals surface area contributed by atoms with Crippen molar-refractivity contribution in [3.63, 3.8) is 0 Å². The van der Waals surface area contributed by atoms with Crippen LogP contribution in [0.15, 0.2) is 0 Å². The van der Waals surface area contributed by atoms with Gasteiger partial charge < -0.3 is 10.5 Å². The van der Waals surface area contributed by atoms with Crippen molar-refractivity contribution in [2.75, 3.05) is 18.9 Å². The Kier molecular flexibility index (Phi) is 2.75. The van der Waals surface area contributed by atoms with Crippen LogP contribution in [0.25, 0.3) is 0 Å². The lowest BCUT2D eigenvalue weighted by atomic mass is 10.1. The third-order valence-electron chi connectivity index (χ3n) is 3.18. The lowest BCUT2D eigenvalue weighted by molar-refractivity contribution is 0.193. The fourth-order valence-corrected chi connectivity index (χ4v) is 2.73. The van der Waals surface area contributed by atoms with E-state index in [1.807, 2.05) is 0 Å². The number of aromatic nitrogens is 2. The molecule has 1 aromatic rings. The van der Waals surface area contributed by atoms with Crippen molar-refractivity contribution >= 4 is 28.4 Å². The first kappa shape index (κ1) is 10.7. The van der Waals surface area contributed by atoms with E-state index in [1.165, 1.54) is 12.8 Å². The Labute approximate surface area is 108 Å². The molecule has 2 aliphatic rings. The van der Waals surface area contributed by atoms with Crippen LogP contribution < -0.4 is 5.73 Å². The third kappa shape index (κ3) is 1.90. The zero-order valence-electron chi connectivity index (χ0n) is 8.95. The second kappa shape index (κ2) is 4.10. The summed E-state index contributed by atoms with van der Waals surface area (Å²) >= 11 is 2.26. The summed E-state index contributed by atoms with van der Waals surface area (Å²) < 4.78 is 6.42. The fourth-order valence-electron chi connectivity index (χ4n) is 2.05. The Morgan fingerprint density at radius 3 is 2.62 bits per heavy atom. The number of nitrogen functional groups attached to an aromatic ring is 1. The minimum Gasteiger partial charge on any atom is -0.383 e. The lowest BCUT2D eigenvalue weighted by Crippen LogP contribution is -2.11. The monoisotopic (exact) mass is 331 g/mol. The van der Waals surface area contributed by atoms with Crippen LogP contribution in [-0.2, 0) is 4.74 Å². The minimum atomic E-state index is 0.344. The molecule has 2 heterocycles. The Hall–Kier alpha value is -0.430. The normalized spacial score (nSPS) is 24.9. The van der Waals surface area contributed by atoms with Crippen molar-refractivity contribution in [1.29, 1.82) is 0 Å². The zero-order valence-corrected chi connectivity index (χ0v) is 11.1. The van der Waals surface area contributed by atoms with Gasteiger partial charge in [-0.3, -0.25) is 0 Å². The van der Waals surface area contributed by atoms with Gasteiger partial charge in [0, 0.05) is 18.4 Å². The van der Waals surface area contributed by atoms with E-state index in [0.29, 0.717) is 17.7 Å². The summed E-state index contributed by atoms with van der Waals surface area (Å²) in [5, 5.41) is 0. The quantitative estimate of drug-likeness (QED) is 0.843. The topological polar surface area (TPSA) is 61.0 Å². The van der Waals surface area contributed by atoms with Crippen molar-refractivity contribution in [1.82, 2.24) is 9.97 Å². The van der Waals surface area contributed by atoms with E-state index in [9.17, 15) is 0 Å². The average molecular weight is 331 g/mol. The van der Waals surface area contributed by atoms with Crippen LogP contribution in [0.5, 0.6) is 0 Å². The maximum absolute atomic E-state index is 5.96. The standard InChI is InChI=1S/C11H14IN3O/c12-8-9(6-1-2-6)14-11(15-10(8)13)7-3-4-16-5-7/h6-7H,1-5H2,(H2,13,14,15). The second-order valence-electron chi connectivity index (χ2n) is 4.50. The number of nitrogens with zero attached hydrogens (tertiary/aromatic N) is 2. The first-order valence-corrected chi connectivity index (χ1v) is 6.74. The highest BCUT2D eigenvalue weighted by Crippen LogP contribution is 2.42. The van der Waals surface area contributed by atoms with Crippen LogP contribution >= 0.6 is 22.6 Å². The van der Waals surface area contributed by atoms with Gasteiger partial charge in [-0.25, -0.2) is 9.97 Å². The molecule has 0 spiro atoms. The van der Waals surface area contributed by atoms with Crippen molar-refractivity contribution in [2.45, 2.75) is 31.1 Å². The Morgan fingerprint density at radius 1 is 1.19 bits per heavy atom. The number of ether oxygens (including phenoxy) is 1. The summed E-state index contributed by atoms with van der Waals surface area (Å²) in [4.78, 5) is 9.10. The van der Waals surface area contributed by atoms with Gasteiger partial charge in [0.15, 0.2) is 0 Å². The maximum Gasteiger partial charge on any atom is 0.140 e. The molecule has 2 fully saturated rings. The molecule has 1 aliphatic carbocycles. The van der Waals surface area contributed by atoms with E-state index in [0.717, 1.165) is 34.7 Å². The van der Waals surface area contributed by atoms with Crippen LogP contribution in [0, 0.1) is 3.57 Å². The van der Waals surface area contributed by atoms with Gasteiger partial charge in [0.2, 0.25) is 0 Å². The van der Waals surface area contributed by atoms with Gasteiger partial charge in [-0.1, -0.05) is 0 Å². The molecule has 4 nitrogen and oxygen atoms in total. The molecule has 5 heteroatoms. The van der Waals surface area contributed by atoms with Gasteiger partial charge in [-0.15, -0.1) is 0 Å². The molecule has 1 saturated heterocycles. The molecule has 1 aromatic heterocycles. The Morgan fingerprint density at radius 2 is 2.00 bits per heavy atom. The van der Waals surface area contributed by atoms with E-state index < -0.39 is 0 Å². The zero-order chi connectivity index (χ0) is 11.1. The SMILES string of the molecule is Nc1nc(C2CCOC2)nc(C2CC2)c1I. The molecule has 16 heavy (non-hydrogen) atoms. The first-order chi connectivity index (χ1) is 7.75. The molecule has 1 saturated carbocycles. The van der Waals surface area contributed by atoms with Crippen LogP contribution in [-0.4, -0.2) is 23.2 Å². The van der Waals surface area contributed by atoms with Crippen molar-refractivity contribution in [3.8, 4) is 0 Å². The highest BCUT2D eigenvalue weighted by Gasteiger charge is 2.30. The van der Waals surface area contributed by atoms with Crippen LogP contribution in [0.3, 0.4) is 0 Å². The van der Waals surface area contributed by atoms with Crippen LogP contribution in [0.4, 0.5) is 5.82 Å². The molecule has 86 valence electrons. The molecule has 2 N–H and O–H groups in total. The van der Waals surface area contributed by atoms with Crippen molar-refractivity contribution < 1.29 is 4.74 Å². The first-order valence-electron chi connectivity index (χ1n) is 5.66. The van der Waals surface area contributed by atoms with E-state index in [1.54, 1.807) is 0 Å². The predicted molar refractivity (Wildman–Crippen MR) is 69.3 cm³/mol. The highest BCUT2D eigenvalue weighted by atomic mass is 127. The van der Waals surface area contributed by atoms with Gasteiger partial charge in [-0.2, -0.15) is 0 Å². The molecule has 0 radical (unpaired) electrons. The third-order valence-corrected chi connectivity index (χ3v) is 4.28. The van der Waals surface area contributed by atoms with Crippen molar-refractivity contribution in [2.24, 2.45) is 0 Å². The Bertz CT molecular complexity index is 414. The highest BCUT2D eigenvalue weighted by molar-refractivity contribution is 14.1. The second-order valence-corrected chi connectivity index (χ2v) is 5.58. The molecule has 1 aliphatic heterocycles. The number of hydrogen-bond donors (Lipinski definition) is 1. The number of anilines is 1. The molecule has 0 aromatic carbocycles. The molecular weight excluding hydrogens is 317 g/mol. The summed E-state index contributed by atoms with van der Waals surface area (Å²) in [6, 6.07) is 0. The van der Waals surface area contributed by atoms with E-state index in [4.69, 9.17) is 15.5 Å². The van der Waals surface area contributed by atoms with Crippen molar-refractivity contribution in [3.05, 3.63) is 15.1 Å². The molecule has 1 unspecified atom stereocenters. The largest absolute Gasteiger partial charge is 0.383 e. The van der Waals surface area contributed by atoms with Gasteiger partial charge >= 0.3 is 0 Å². The summed E-state index contributed by atoms with van der Waals surface area (Å²) in [6.07, 6.45) is 3.50. The summed E-state index contributed by atoms with van der Waals surface area (Å²) in [5.74, 6) is 2.49. The molecule has 1 atom stereocenters. The van der Waals surface area contributed by atoms with Gasteiger partial charge in [0.25, 0.3) is 0 Å². The van der Waals surface area contributed by atoms with E-state index in [2.05, 4.69) is 27.6 Å². The van der Waals surface area contributed by atoms with Gasteiger partial charge in [0.05, 0.1) is 15.9 Å². The molecular formula is C11H14IN3O. The smallest absolute Gasteiger partial charge is 0.140 e. The summed E-state index contributed by atoms with van der Waals surface area (Å²) in [5.41, 5.74) is 7.12. The van der Waals surface area contributed by atoms with E-state index in [-0.39, 0.29) is 0 Å².